The highest BCUT2D eigenvalue weighted by molar-refractivity contribution is 7.89. The molecule has 2 heterocycles. The van der Waals surface area contributed by atoms with E-state index >= 15 is 0 Å². The molecule has 2 rings (SSSR count). The molecular formula is C13H26N2O4S. The number of ether oxygens (including phenoxy) is 2. The standard InChI is InChI=1S/C13H26N2O4S/c1-18-11-13(6-4-7-14-13)10-15-20(16,17)9-12-5-2-3-8-19-12/h12,14-15H,2-11H2,1H3. The summed E-state index contributed by atoms with van der Waals surface area (Å²) in [6.45, 7) is 2.50. The molecule has 2 aliphatic rings. The fraction of sp³-hybridized carbons (Fsp3) is 1.00. The van der Waals surface area contributed by atoms with E-state index in [0.717, 1.165) is 38.6 Å². The highest BCUT2D eigenvalue weighted by atomic mass is 32.2. The van der Waals surface area contributed by atoms with Crippen molar-refractivity contribution in [3.05, 3.63) is 0 Å². The van der Waals surface area contributed by atoms with Crippen molar-refractivity contribution in [2.45, 2.75) is 43.7 Å². The molecule has 0 aromatic heterocycles. The average Bonchev–Trinajstić information content (AvgIpc) is 2.87. The number of hydrogen-bond donors (Lipinski definition) is 2. The van der Waals surface area contributed by atoms with Gasteiger partial charge >= 0.3 is 0 Å². The first-order valence-corrected chi connectivity index (χ1v) is 9.03. The minimum atomic E-state index is -3.30. The second-order valence-electron chi connectivity index (χ2n) is 5.83. The van der Waals surface area contributed by atoms with E-state index in [4.69, 9.17) is 9.47 Å². The van der Waals surface area contributed by atoms with E-state index in [1.807, 2.05) is 0 Å². The lowest BCUT2D eigenvalue weighted by atomic mass is 9.99. The van der Waals surface area contributed by atoms with Crippen LogP contribution in [-0.4, -0.2) is 59.2 Å². The molecular weight excluding hydrogens is 280 g/mol. The van der Waals surface area contributed by atoms with Crippen LogP contribution in [-0.2, 0) is 19.5 Å². The Balaban J connectivity index is 1.84. The summed E-state index contributed by atoms with van der Waals surface area (Å²) in [4.78, 5) is 0. The lowest BCUT2D eigenvalue weighted by molar-refractivity contribution is 0.0303. The highest BCUT2D eigenvalue weighted by Gasteiger charge is 2.35. The van der Waals surface area contributed by atoms with Crippen molar-refractivity contribution in [2.24, 2.45) is 0 Å². The van der Waals surface area contributed by atoms with Gasteiger partial charge in [0, 0.05) is 20.3 Å². The third-order valence-electron chi connectivity index (χ3n) is 4.06. The van der Waals surface area contributed by atoms with Gasteiger partial charge in [0.15, 0.2) is 0 Å². The second-order valence-corrected chi connectivity index (χ2v) is 7.69. The predicted molar refractivity (Wildman–Crippen MR) is 77.2 cm³/mol. The summed E-state index contributed by atoms with van der Waals surface area (Å²) in [6.07, 6.45) is 4.75. The van der Waals surface area contributed by atoms with Gasteiger partial charge in [0.05, 0.1) is 24.0 Å². The Morgan fingerprint density at radius 2 is 2.25 bits per heavy atom. The molecule has 2 atom stereocenters. The van der Waals surface area contributed by atoms with E-state index in [1.54, 1.807) is 7.11 Å². The molecule has 0 aromatic carbocycles. The SMILES string of the molecule is COCC1(CNS(=O)(=O)CC2CCCCO2)CCCN1. The maximum absolute atomic E-state index is 12.1. The number of methoxy groups -OCH3 is 1. The number of nitrogens with one attached hydrogen (secondary N) is 2. The number of sulfonamides is 1. The molecule has 2 unspecified atom stereocenters. The molecule has 0 spiro atoms. The molecule has 0 bridgehead atoms. The zero-order valence-corrected chi connectivity index (χ0v) is 13.0. The van der Waals surface area contributed by atoms with E-state index in [0.29, 0.717) is 19.8 Å². The van der Waals surface area contributed by atoms with Crippen LogP contribution in [0.25, 0.3) is 0 Å². The van der Waals surface area contributed by atoms with Gasteiger partial charge in [-0.3, -0.25) is 0 Å². The Morgan fingerprint density at radius 3 is 2.85 bits per heavy atom. The lowest BCUT2D eigenvalue weighted by Crippen LogP contribution is -2.53. The lowest BCUT2D eigenvalue weighted by Gasteiger charge is -2.29. The van der Waals surface area contributed by atoms with Gasteiger partial charge in [-0.15, -0.1) is 0 Å². The Kier molecular flexibility index (Phi) is 5.80. The molecule has 2 aliphatic heterocycles. The van der Waals surface area contributed by atoms with Gasteiger partial charge in [-0.25, -0.2) is 13.1 Å². The van der Waals surface area contributed by atoms with Crippen LogP contribution in [0.3, 0.4) is 0 Å². The smallest absolute Gasteiger partial charge is 0.214 e. The first-order valence-electron chi connectivity index (χ1n) is 7.38. The van der Waals surface area contributed by atoms with E-state index < -0.39 is 10.0 Å². The van der Waals surface area contributed by atoms with E-state index in [9.17, 15) is 8.42 Å². The highest BCUT2D eigenvalue weighted by Crippen LogP contribution is 2.19. The molecule has 118 valence electrons. The fourth-order valence-corrected chi connectivity index (χ4v) is 4.33. The van der Waals surface area contributed by atoms with Gasteiger partial charge in [-0.2, -0.15) is 0 Å². The third kappa shape index (κ3) is 4.66. The van der Waals surface area contributed by atoms with Crippen LogP contribution < -0.4 is 10.0 Å². The molecule has 0 amide bonds. The first-order chi connectivity index (χ1) is 9.55. The minimum Gasteiger partial charge on any atom is -0.383 e. The summed E-state index contributed by atoms with van der Waals surface area (Å²) >= 11 is 0. The molecule has 2 fully saturated rings. The second kappa shape index (κ2) is 7.17. The summed E-state index contributed by atoms with van der Waals surface area (Å²) in [5.41, 5.74) is -0.255. The van der Waals surface area contributed by atoms with Gasteiger partial charge in [-0.1, -0.05) is 0 Å². The molecule has 2 saturated heterocycles. The fourth-order valence-electron chi connectivity index (χ4n) is 2.96. The van der Waals surface area contributed by atoms with Crippen molar-refractivity contribution < 1.29 is 17.9 Å². The van der Waals surface area contributed by atoms with Gasteiger partial charge < -0.3 is 14.8 Å². The predicted octanol–water partition coefficient (Wildman–Crippen LogP) is 0.244. The molecule has 0 aromatic rings. The van der Waals surface area contributed by atoms with Gasteiger partial charge in [0.25, 0.3) is 0 Å². The van der Waals surface area contributed by atoms with E-state index in [1.165, 1.54) is 0 Å². The van der Waals surface area contributed by atoms with Crippen molar-refractivity contribution in [3.8, 4) is 0 Å². The third-order valence-corrected chi connectivity index (χ3v) is 5.46. The Hall–Kier alpha value is -0.210. The molecule has 20 heavy (non-hydrogen) atoms. The number of hydrogen-bond acceptors (Lipinski definition) is 5. The maximum Gasteiger partial charge on any atom is 0.214 e. The van der Waals surface area contributed by atoms with Crippen molar-refractivity contribution in [1.82, 2.24) is 10.0 Å². The van der Waals surface area contributed by atoms with Gasteiger partial charge in [0.1, 0.15) is 0 Å². The normalized spacial score (nSPS) is 31.6. The molecule has 0 saturated carbocycles. The summed E-state index contributed by atoms with van der Waals surface area (Å²) in [7, 11) is -1.65. The zero-order valence-electron chi connectivity index (χ0n) is 12.2. The van der Waals surface area contributed by atoms with Crippen molar-refractivity contribution in [1.29, 1.82) is 0 Å². The van der Waals surface area contributed by atoms with Crippen molar-refractivity contribution in [3.63, 3.8) is 0 Å². The molecule has 0 aliphatic carbocycles. The number of rotatable bonds is 7. The van der Waals surface area contributed by atoms with E-state index in [-0.39, 0.29) is 17.4 Å². The molecule has 2 N–H and O–H groups in total. The zero-order chi connectivity index (χ0) is 14.5. The van der Waals surface area contributed by atoms with Crippen molar-refractivity contribution in [2.75, 3.05) is 39.2 Å². The van der Waals surface area contributed by atoms with Crippen LogP contribution >= 0.6 is 0 Å². The topological polar surface area (TPSA) is 76.7 Å². The summed E-state index contributed by atoms with van der Waals surface area (Å²) in [5, 5.41) is 3.36. The molecule has 6 nitrogen and oxygen atoms in total. The van der Waals surface area contributed by atoms with Gasteiger partial charge in [-0.05, 0) is 38.6 Å². The summed E-state index contributed by atoms with van der Waals surface area (Å²) < 4.78 is 37.7. The summed E-state index contributed by atoms with van der Waals surface area (Å²) in [6, 6.07) is 0. The quantitative estimate of drug-likeness (QED) is 0.705. The van der Waals surface area contributed by atoms with Crippen molar-refractivity contribution >= 4 is 10.0 Å². The Morgan fingerprint density at radius 1 is 1.40 bits per heavy atom. The average molecular weight is 306 g/mol. The summed E-state index contributed by atoms with van der Waals surface area (Å²) in [5.74, 6) is 0.0655. The largest absolute Gasteiger partial charge is 0.383 e. The maximum atomic E-state index is 12.1. The van der Waals surface area contributed by atoms with Crippen LogP contribution in [0, 0.1) is 0 Å². The van der Waals surface area contributed by atoms with Gasteiger partial charge in [0.2, 0.25) is 10.0 Å². The van der Waals surface area contributed by atoms with Crippen LogP contribution in [0.2, 0.25) is 0 Å². The Labute approximate surface area is 121 Å². The van der Waals surface area contributed by atoms with Crippen LogP contribution in [0.4, 0.5) is 0 Å². The molecule has 0 radical (unpaired) electrons. The first kappa shape index (κ1) is 16.2. The Bertz CT molecular complexity index is 387. The minimum absolute atomic E-state index is 0.0655. The monoisotopic (exact) mass is 306 g/mol. The van der Waals surface area contributed by atoms with Crippen LogP contribution in [0.15, 0.2) is 0 Å². The van der Waals surface area contributed by atoms with Crippen LogP contribution in [0.1, 0.15) is 32.1 Å². The van der Waals surface area contributed by atoms with Crippen LogP contribution in [0.5, 0.6) is 0 Å². The molecule has 7 heteroatoms. The van der Waals surface area contributed by atoms with E-state index in [2.05, 4.69) is 10.0 Å².